The molecule has 0 unspecified atom stereocenters. The van der Waals surface area contributed by atoms with Gasteiger partial charge in [-0.1, -0.05) is 39.7 Å². The summed E-state index contributed by atoms with van der Waals surface area (Å²) in [5.74, 6) is 0.181. The molecule has 2 nitrogen and oxygen atoms in total. The van der Waals surface area contributed by atoms with Crippen molar-refractivity contribution in [3.05, 3.63) is 53.1 Å². The van der Waals surface area contributed by atoms with Gasteiger partial charge in [-0.05, 0) is 6.07 Å². The van der Waals surface area contributed by atoms with E-state index in [1.807, 2.05) is 0 Å². The lowest BCUT2D eigenvalue weighted by Crippen LogP contribution is -1.93. The van der Waals surface area contributed by atoms with Gasteiger partial charge in [-0.25, -0.2) is 4.39 Å². The first-order chi connectivity index (χ1) is 8.20. The van der Waals surface area contributed by atoms with Crippen LogP contribution in [-0.2, 0) is 5.33 Å². The van der Waals surface area contributed by atoms with Gasteiger partial charge >= 0.3 is 0 Å². The van der Waals surface area contributed by atoms with Crippen LogP contribution in [0.1, 0.15) is 5.56 Å². The maximum Gasteiger partial charge on any atom is 0.167 e. The van der Waals surface area contributed by atoms with Gasteiger partial charge < -0.3 is 4.74 Å². The van der Waals surface area contributed by atoms with E-state index in [0.717, 1.165) is 5.56 Å². The Morgan fingerprint density at radius 1 is 1.35 bits per heavy atom. The second-order valence-corrected chi connectivity index (χ2v) is 4.30. The molecule has 1 heterocycles. The predicted molar refractivity (Wildman–Crippen MR) is 68.4 cm³/mol. The molecule has 0 saturated heterocycles. The second-order valence-electron chi connectivity index (χ2n) is 3.30. The second kappa shape index (κ2) is 5.47. The van der Waals surface area contributed by atoms with Crippen LogP contribution in [0.3, 0.4) is 0 Å². The molecule has 2 rings (SSSR count). The maximum atomic E-state index is 13.6. The molecule has 0 atom stereocenters. The number of para-hydroxylation sites is 1. The first-order valence-electron chi connectivity index (χ1n) is 4.82. The summed E-state index contributed by atoms with van der Waals surface area (Å²) in [6.07, 6.45) is 2.97. The molecular formula is C12H8BrClFNO. The molecule has 0 saturated carbocycles. The lowest BCUT2D eigenvalue weighted by atomic mass is 10.2. The van der Waals surface area contributed by atoms with Crippen LogP contribution in [0.5, 0.6) is 11.5 Å². The van der Waals surface area contributed by atoms with Crippen molar-refractivity contribution in [1.29, 1.82) is 0 Å². The number of pyridine rings is 1. The average molecular weight is 317 g/mol. The van der Waals surface area contributed by atoms with Gasteiger partial charge in [-0.3, -0.25) is 4.98 Å². The van der Waals surface area contributed by atoms with E-state index >= 15 is 0 Å². The van der Waals surface area contributed by atoms with Crippen LogP contribution in [0.15, 0.2) is 36.7 Å². The molecular weight excluding hydrogens is 308 g/mol. The first-order valence-corrected chi connectivity index (χ1v) is 6.32. The largest absolute Gasteiger partial charge is 0.452 e. The summed E-state index contributed by atoms with van der Waals surface area (Å²) < 4.78 is 19.1. The Morgan fingerprint density at radius 3 is 2.88 bits per heavy atom. The van der Waals surface area contributed by atoms with Crippen molar-refractivity contribution in [1.82, 2.24) is 4.98 Å². The molecule has 1 aromatic heterocycles. The number of alkyl halides is 1. The zero-order chi connectivity index (χ0) is 12.3. The van der Waals surface area contributed by atoms with E-state index in [2.05, 4.69) is 20.9 Å². The van der Waals surface area contributed by atoms with Gasteiger partial charge in [0.2, 0.25) is 0 Å². The number of aromatic nitrogens is 1. The standard InChI is InChI=1S/C12H8BrClFNO/c13-5-8-2-1-3-11(15)12(8)17-10-4-9(14)6-16-7-10/h1-4,6-7H,5H2. The van der Waals surface area contributed by atoms with Gasteiger partial charge in [0.15, 0.2) is 11.6 Å². The fraction of sp³-hybridized carbons (Fsp3) is 0.0833. The Hall–Kier alpha value is -1.13. The summed E-state index contributed by atoms with van der Waals surface area (Å²) in [5.41, 5.74) is 0.727. The van der Waals surface area contributed by atoms with E-state index in [0.29, 0.717) is 16.1 Å². The van der Waals surface area contributed by atoms with Crippen LogP contribution in [0.2, 0.25) is 5.02 Å². The summed E-state index contributed by atoms with van der Waals surface area (Å²) >= 11 is 9.06. The average Bonchev–Trinajstić information content (AvgIpc) is 2.32. The van der Waals surface area contributed by atoms with E-state index in [4.69, 9.17) is 16.3 Å². The van der Waals surface area contributed by atoms with Crippen LogP contribution in [0.4, 0.5) is 4.39 Å². The van der Waals surface area contributed by atoms with E-state index in [1.165, 1.54) is 18.5 Å². The Bertz CT molecular complexity index is 536. The molecule has 2 aromatic rings. The van der Waals surface area contributed by atoms with Crippen molar-refractivity contribution in [2.75, 3.05) is 0 Å². The molecule has 0 aliphatic heterocycles. The summed E-state index contributed by atoms with van der Waals surface area (Å²) in [6.45, 7) is 0. The van der Waals surface area contributed by atoms with Gasteiger partial charge in [-0.15, -0.1) is 0 Å². The molecule has 0 fully saturated rings. The third-order valence-electron chi connectivity index (χ3n) is 2.09. The van der Waals surface area contributed by atoms with Crippen molar-refractivity contribution in [3.8, 4) is 11.5 Å². The number of nitrogens with zero attached hydrogens (tertiary/aromatic N) is 1. The van der Waals surface area contributed by atoms with Crippen LogP contribution in [0.25, 0.3) is 0 Å². The molecule has 0 amide bonds. The number of ether oxygens (including phenoxy) is 1. The molecule has 0 aliphatic carbocycles. The van der Waals surface area contributed by atoms with Crippen LogP contribution in [-0.4, -0.2) is 4.98 Å². The van der Waals surface area contributed by atoms with Gasteiger partial charge in [0.1, 0.15) is 5.75 Å². The van der Waals surface area contributed by atoms with Crippen molar-refractivity contribution >= 4 is 27.5 Å². The van der Waals surface area contributed by atoms with E-state index in [-0.39, 0.29) is 5.75 Å². The molecule has 0 spiro atoms. The Balaban J connectivity index is 2.35. The molecule has 5 heteroatoms. The smallest absolute Gasteiger partial charge is 0.167 e. The molecule has 0 aliphatic rings. The van der Waals surface area contributed by atoms with Crippen LogP contribution < -0.4 is 4.74 Å². The van der Waals surface area contributed by atoms with Crippen molar-refractivity contribution in [3.63, 3.8) is 0 Å². The van der Waals surface area contributed by atoms with Crippen molar-refractivity contribution < 1.29 is 9.13 Å². The molecule has 0 bridgehead atoms. The highest BCUT2D eigenvalue weighted by Crippen LogP contribution is 2.30. The van der Waals surface area contributed by atoms with Crippen LogP contribution >= 0.6 is 27.5 Å². The highest BCUT2D eigenvalue weighted by Gasteiger charge is 2.10. The normalized spacial score (nSPS) is 10.3. The Labute approximate surface area is 112 Å². The maximum absolute atomic E-state index is 13.6. The van der Waals surface area contributed by atoms with Crippen molar-refractivity contribution in [2.24, 2.45) is 0 Å². The lowest BCUT2D eigenvalue weighted by molar-refractivity contribution is 0.437. The monoisotopic (exact) mass is 315 g/mol. The SMILES string of the molecule is Fc1cccc(CBr)c1Oc1cncc(Cl)c1. The molecule has 17 heavy (non-hydrogen) atoms. The number of rotatable bonds is 3. The summed E-state index contributed by atoms with van der Waals surface area (Å²) in [4.78, 5) is 3.87. The van der Waals surface area contributed by atoms with Gasteiger partial charge in [0.05, 0.1) is 11.2 Å². The third kappa shape index (κ3) is 2.96. The zero-order valence-corrected chi connectivity index (χ0v) is 11.0. The van der Waals surface area contributed by atoms with E-state index in [9.17, 15) is 4.39 Å². The Morgan fingerprint density at radius 2 is 2.18 bits per heavy atom. The van der Waals surface area contributed by atoms with Crippen molar-refractivity contribution in [2.45, 2.75) is 5.33 Å². The van der Waals surface area contributed by atoms with Gasteiger partial charge in [-0.2, -0.15) is 0 Å². The van der Waals surface area contributed by atoms with Crippen LogP contribution in [0, 0.1) is 5.82 Å². The molecule has 0 radical (unpaired) electrons. The predicted octanol–water partition coefficient (Wildman–Crippen LogP) is 4.56. The number of hydrogen-bond donors (Lipinski definition) is 0. The highest BCUT2D eigenvalue weighted by atomic mass is 79.9. The first kappa shape index (κ1) is 12.3. The highest BCUT2D eigenvalue weighted by molar-refractivity contribution is 9.08. The minimum atomic E-state index is -0.415. The van der Waals surface area contributed by atoms with Gasteiger partial charge in [0, 0.05) is 23.2 Å². The fourth-order valence-electron chi connectivity index (χ4n) is 1.34. The summed E-state index contributed by atoms with van der Waals surface area (Å²) in [5, 5.41) is 0.952. The topological polar surface area (TPSA) is 22.1 Å². The molecule has 1 aromatic carbocycles. The minimum absolute atomic E-state index is 0.188. The Kier molecular flexibility index (Phi) is 3.97. The fourth-order valence-corrected chi connectivity index (χ4v) is 1.94. The number of benzene rings is 1. The summed E-state index contributed by atoms with van der Waals surface area (Å²) in [7, 11) is 0. The quantitative estimate of drug-likeness (QED) is 0.774. The van der Waals surface area contributed by atoms with Gasteiger partial charge in [0.25, 0.3) is 0 Å². The molecule has 0 N–H and O–H groups in total. The number of halogens is 3. The minimum Gasteiger partial charge on any atom is -0.452 e. The zero-order valence-electron chi connectivity index (χ0n) is 8.66. The number of hydrogen-bond acceptors (Lipinski definition) is 2. The lowest BCUT2D eigenvalue weighted by Gasteiger charge is -2.10. The third-order valence-corrected chi connectivity index (χ3v) is 2.90. The molecule has 88 valence electrons. The van der Waals surface area contributed by atoms with E-state index in [1.54, 1.807) is 18.2 Å². The van der Waals surface area contributed by atoms with E-state index < -0.39 is 5.82 Å². The summed E-state index contributed by atoms with van der Waals surface area (Å²) in [6, 6.07) is 6.35.